The largest absolute Gasteiger partial charge is 0.337 e. The molecule has 0 spiro atoms. The van der Waals surface area contributed by atoms with Crippen molar-refractivity contribution in [1.29, 1.82) is 0 Å². The highest BCUT2D eigenvalue weighted by Crippen LogP contribution is 2.19. The number of nitrogens with zero attached hydrogens (tertiary/aromatic N) is 3. The Hall–Kier alpha value is -2.24. The molecule has 4 nitrogen and oxygen atoms in total. The molecule has 0 fully saturated rings. The van der Waals surface area contributed by atoms with E-state index in [9.17, 15) is 4.79 Å². The van der Waals surface area contributed by atoms with Gasteiger partial charge in [0.25, 0.3) is 5.91 Å². The van der Waals surface area contributed by atoms with Crippen molar-refractivity contribution in [3.8, 4) is 5.69 Å². The summed E-state index contributed by atoms with van der Waals surface area (Å²) in [6, 6.07) is 15.6. The zero-order chi connectivity index (χ0) is 18.7. The van der Waals surface area contributed by atoms with Crippen molar-refractivity contribution < 1.29 is 4.79 Å². The molecular formula is C20H20ClN3OS. The lowest BCUT2D eigenvalue weighted by Gasteiger charge is -2.17. The summed E-state index contributed by atoms with van der Waals surface area (Å²) >= 11 is 7.64. The Morgan fingerprint density at radius 2 is 1.81 bits per heavy atom. The second kappa shape index (κ2) is 7.98. The molecule has 0 atom stereocenters. The Morgan fingerprint density at radius 3 is 2.42 bits per heavy atom. The first-order chi connectivity index (χ1) is 12.5. The monoisotopic (exact) mass is 385 g/mol. The molecule has 3 rings (SSSR count). The number of carbonyl (C=O) groups excluding carboxylic acids is 1. The highest BCUT2D eigenvalue weighted by atomic mass is 35.5. The van der Waals surface area contributed by atoms with Gasteiger partial charge < -0.3 is 4.90 Å². The second-order valence-electron chi connectivity index (χ2n) is 6.04. The molecule has 0 saturated heterocycles. The summed E-state index contributed by atoms with van der Waals surface area (Å²) in [7, 11) is 1.81. The van der Waals surface area contributed by atoms with Crippen molar-refractivity contribution in [2.45, 2.75) is 18.4 Å². The van der Waals surface area contributed by atoms with Gasteiger partial charge in [0, 0.05) is 23.5 Å². The maximum atomic E-state index is 12.8. The number of carbonyl (C=O) groups is 1. The van der Waals surface area contributed by atoms with Crippen molar-refractivity contribution in [1.82, 2.24) is 14.7 Å². The van der Waals surface area contributed by atoms with E-state index in [4.69, 9.17) is 11.6 Å². The molecule has 134 valence electrons. The molecule has 2 aromatic carbocycles. The van der Waals surface area contributed by atoms with Crippen LogP contribution in [0.4, 0.5) is 0 Å². The van der Waals surface area contributed by atoms with Crippen molar-refractivity contribution in [2.75, 3.05) is 13.3 Å². The van der Waals surface area contributed by atoms with Gasteiger partial charge in [0.1, 0.15) is 0 Å². The summed E-state index contributed by atoms with van der Waals surface area (Å²) in [5.74, 6) is -0.0448. The lowest BCUT2D eigenvalue weighted by molar-refractivity contribution is 0.0784. The van der Waals surface area contributed by atoms with Gasteiger partial charge in [0.05, 0.1) is 23.1 Å². The van der Waals surface area contributed by atoms with Gasteiger partial charge in [0.15, 0.2) is 0 Å². The molecule has 0 N–H and O–H groups in total. The third-order valence-electron chi connectivity index (χ3n) is 4.24. The molecule has 0 unspecified atom stereocenters. The SMILES string of the molecule is CSc1ccc(CN(C)C(=O)c2cnn(-c3ccc(Cl)cc3)c2C)cc1. The van der Waals surface area contributed by atoms with E-state index >= 15 is 0 Å². The van der Waals surface area contributed by atoms with E-state index in [-0.39, 0.29) is 5.91 Å². The summed E-state index contributed by atoms with van der Waals surface area (Å²) < 4.78 is 1.75. The van der Waals surface area contributed by atoms with Crippen LogP contribution >= 0.6 is 23.4 Å². The minimum Gasteiger partial charge on any atom is -0.337 e. The zero-order valence-electron chi connectivity index (χ0n) is 14.9. The van der Waals surface area contributed by atoms with Gasteiger partial charge in [-0.3, -0.25) is 4.79 Å². The topological polar surface area (TPSA) is 38.1 Å². The fourth-order valence-electron chi connectivity index (χ4n) is 2.74. The average Bonchev–Trinajstić information content (AvgIpc) is 3.03. The minimum atomic E-state index is -0.0448. The van der Waals surface area contributed by atoms with Crippen LogP contribution in [0.2, 0.25) is 5.02 Å². The van der Waals surface area contributed by atoms with Gasteiger partial charge in [-0.1, -0.05) is 23.7 Å². The van der Waals surface area contributed by atoms with Gasteiger partial charge >= 0.3 is 0 Å². The van der Waals surface area contributed by atoms with Crippen LogP contribution in [0.5, 0.6) is 0 Å². The quantitative estimate of drug-likeness (QED) is 0.590. The third-order valence-corrected chi connectivity index (χ3v) is 5.23. The maximum Gasteiger partial charge on any atom is 0.257 e. The highest BCUT2D eigenvalue weighted by molar-refractivity contribution is 7.98. The van der Waals surface area contributed by atoms with E-state index in [1.165, 1.54) is 4.90 Å². The Morgan fingerprint density at radius 1 is 1.15 bits per heavy atom. The Bertz CT molecular complexity index is 904. The fourth-order valence-corrected chi connectivity index (χ4v) is 3.28. The zero-order valence-corrected chi connectivity index (χ0v) is 16.5. The summed E-state index contributed by atoms with van der Waals surface area (Å²) in [5.41, 5.74) is 3.38. The number of thioether (sulfide) groups is 1. The summed E-state index contributed by atoms with van der Waals surface area (Å²) in [5, 5.41) is 5.04. The number of rotatable bonds is 5. The van der Waals surface area contributed by atoms with Crippen molar-refractivity contribution in [3.63, 3.8) is 0 Å². The van der Waals surface area contributed by atoms with Crippen LogP contribution in [0.15, 0.2) is 59.6 Å². The lowest BCUT2D eigenvalue weighted by Crippen LogP contribution is -2.26. The van der Waals surface area contributed by atoms with Crippen molar-refractivity contribution in [3.05, 3.63) is 76.6 Å². The minimum absolute atomic E-state index is 0.0448. The highest BCUT2D eigenvalue weighted by Gasteiger charge is 2.19. The van der Waals surface area contributed by atoms with Crippen LogP contribution < -0.4 is 0 Å². The van der Waals surface area contributed by atoms with Gasteiger partial charge in [-0.2, -0.15) is 5.10 Å². The van der Waals surface area contributed by atoms with Gasteiger partial charge in [-0.15, -0.1) is 11.8 Å². The van der Waals surface area contributed by atoms with E-state index in [1.807, 2.05) is 44.5 Å². The molecule has 0 radical (unpaired) electrons. The number of halogens is 1. The average molecular weight is 386 g/mol. The fraction of sp³-hybridized carbons (Fsp3) is 0.200. The van der Waals surface area contributed by atoms with E-state index in [2.05, 4.69) is 29.4 Å². The molecule has 0 saturated carbocycles. The molecule has 1 aromatic heterocycles. The van der Waals surface area contributed by atoms with Crippen LogP contribution in [0, 0.1) is 6.92 Å². The Kier molecular flexibility index (Phi) is 5.69. The number of hydrogen-bond acceptors (Lipinski definition) is 3. The van der Waals surface area contributed by atoms with E-state index in [1.54, 1.807) is 27.5 Å². The smallest absolute Gasteiger partial charge is 0.257 e. The standard InChI is InChI=1S/C20H20ClN3OS/c1-14-19(12-22-24(14)17-8-6-16(21)7-9-17)20(25)23(2)13-15-4-10-18(26-3)11-5-15/h4-12H,13H2,1-3H3. The molecule has 0 bridgehead atoms. The van der Waals surface area contributed by atoms with E-state index in [0.29, 0.717) is 17.1 Å². The predicted molar refractivity (Wildman–Crippen MR) is 107 cm³/mol. The molecule has 0 aliphatic carbocycles. The van der Waals surface area contributed by atoms with Crippen molar-refractivity contribution in [2.24, 2.45) is 0 Å². The molecule has 3 aromatic rings. The first kappa shape index (κ1) is 18.5. The van der Waals surface area contributed by atoms with Crippen LogP contribution in [0.25, 0.3) is 5.69 Å². The summed E-state index contributed by atoms with van der Waals surface area (Å²) in [6.07, 6.45) is 3.67. The lowest BCUT2D eigenvalue weighted by atomic mass is 10.2. The number of hydrogen-bond donors (Lipinski definition) is 0. The van der Waals surface area contributed by atoms with E-state index < -0.39 is 0 Å². The molecule has 0 aliphatic heterocycles. The number of aromatic nitrogens is 2. The first-order valence-electron chi connectivity index (χ1n) is 8.18. The van der Waals surface area contributed by atoms with E-state index in [0.717, 1.165) is 16.9 Å². The maximum absolute atomic E-state index is 12.8. The Labute approximate surface area is 162 Å². The van der Waals surface area contributed by atoms with Crippen molar-refractivity contribution >= 4 is 29.3 Å². The molecule has 1 heterocycles. The van der Waals surface area contributed by atoms with Crippen LogP contribution in [0.3, 0.4) is 0 Å². The molecular weight excluding hydrogens is 366 g/mol. The molecule has 1 amide bonds. The predicted octanol–water partition coefficient (Wildman–Crippen LogP) is 4.83. The third kappa shape index (κ3) is 3.94. The summed E-state index contributed by atoms with van der Waals surface area (Å²) in [4.78, 5) is 15.8. The number of amides is 1. The first-order valence-corrected chi connectivity index (χ1v) is 9.79. The summed E-state index contributed by atoms with van der Waals surface area (Å²) in [6.45, 7) is 2.45. The number of benzene rings is 2. The Balaban J connectivity index is 1.77. The van der Waals surface area contributed by atoms with Crippen LogP contribution in [-0.4, -0.2) is 33.9 Å². The molecule has 0 aliphatic rings. The normalized spacial score (nSPS) is 10.8. The second-order valence-corrected chi connectivity index (χ2v) is 7.36. The molecule has 6 heteroatoms. The van der Waals surface area contributed by atoms with Crippen LogP contribution in [-0.2, 0) is 6.54 Å². The van der Waals surface area contributed by atoms with Gasteiger partial charge in [-0.25, -0.2) is 4.68 Å². The van der Waals surface area contributed by atoms with Gasteiger partial charge in [0.2, 0.25) is 0 Å². The molecule has 26 heavy (non-hydrogen) atoms. The van der Waals surface area contributed by atoms with Crippen LogP contribution in [0.1, 0.15) is 21.6 Å². The van der Waals surface area contributed by atoms with Gasteiger partial charge in [-0.05, 0) is 55.1 Å².